The second kappa shape index (κ2) is 7.23. The summed E-state index contributed by atoms with van der Waals surface area (Å²) in [7, 11) is 3.21. The lowest BCUT2D eigenvalue weighted by Crippen LogP contribution is -2.34. The van der Waals surface area contributed by atoms with E-state index in [0.717, 1.165) is 10.7 Å². The van der Waals surface area contributed by atoms with Crippen LogP contribution in [0.15, 0.2) is 46.1 Å². The van der Waals surface area contributed by atoms with Gasteiger partial charge in [0.25, 0.3) is 0 Å². The number of hydrogen-bond donors (Lipinski definition) is 0. The number of allylic oxidation sites excluding steroid dienone is 1. The summed E-state index contributed by atoms with van der Waals surface area (Å²) in [5, 5.41) is 2.77. The Kier molecular flexibility index (Phi) is 5.03. The predicted molar refractivity (Wildman–Crippen MR) is 97.6 cm³/mol. The molecule has 0 N–H and O–H groups in total. The number of thioether (sulfide) groups is 1. The molecule has 2 aliphatic rings. The average Bonchev–Trinajstić information content (AvgIpc) is 3.08. The van der Waals surface area contributed by atoms with Gasteiger partial charge in [-0.25, -0.2) is 9.79 Å². The van der Waals surface area contributed by atoms with E-state index in [0.29, 0.717) is 29.4 Å². The third kappa shape index (κ3) is 3.11. The number of nitrogens with zero attached hydrogens (tertiary/aromatic N) is 2. The first-order valence-electron chi connectivity index (χ1n) is 7.90. The number of esters is 1. The Morgan fingerprint density at radius 3 is 2.80 bits per heavy atom. The van der Waals surface area contributed by atoms with Crippen LogP contribution in [0.4, 0.5) is 0 Å². The van der Waals surface area contributed by atoms with E-state index in [2.05, 4.69) is 4.99 Å². The Morgan fingerprint density at radius 1 is 1.32 bits per heavy atom. The summed E-state index contributed by atoms with van der Waals surface area (Å²) in [6.07, 6.45) is 1.92. The lowest BCUT2D eigenvalue weighted by molar-refractivity contribution is -0.139. The van der Waals surface area contributed by atoms with Crippen molar-refractivity contribution in [3.8, 4) is 11.5 Å². The van der Waals surface area contributed by atoms with Gasteiger partial charge in [0.2, 0.25) is 0 Å². The monoisotopic (exact) mass is 360 g/mol. The maximum absolute atomic E-state index is 12.6. The fourth-order valence-electron chi connectivity index (χ4n) is 2.92. The fraction of sp³-hybridized carbons (Fsp3) is 0.333. The van der Waals surface area contributed by atoms with Crippen LogP contribution < -0.4 is 9.47 Å². The molecule has 0 aromatic heterocycles. The second-order valence-corrected chi connectivity index (χ2v) is 6.31. The molecule has 0 unspecified atom stereocenters. The highest BCUT2D eigenvalue weighted by Gasteiger charge is 2.38. The Bertz CT molecular complexity index is 785. The SMILES string of the molecule is CCOC(=O)C1=C(C)N=C2SC=CN2[C@H]1c1ccc(OC)cc1OC. The van der Waals surface area contributed by atoms with Crippen LogP contribution in [-0.2, 0) is 9.53 Å². The maximum atomic E-state index is 12.6. The van der Waals surface area contributed by atoms with Crippen molar-refractivity contribution in [2.75, 3.05) is 20.8 Å². The van der Waals surface area contributed by atoms with E-state index >= 15 is 0 Å². The van der Waals surface area contributed by atoms with Gasteiger partial charge in [-0.15, -0.1) is 0 Å². The van der Waals surface area contributed by atoms with Crippen LogP contribution in [-0.4, -0.2) is 36.9 Å². The quantitative estimate of drug-likeness (QED) is 0.750. The van der Waals surface area contributed by atoms with Crippen molar-refractivity contribution in [3.05, 3.63) is 46.6 Å². The Morgan fingerprint density at radius 2 is 2.12 bits per heavy atom. The van der Waals surface area contributed by atoms with Gasteiger partial charge in [0.05, 0.1) is 38.1 Å². The highest BCUT2D eigenvalue weighted by Crippen LogP contribution is 2.44. The summed E-state index contributed by atoms with van der Waals surface area (Å²) in [4.78, 5) is 19.1. The zero-order chi connectivity index (χ0) is 18.0. The molecule has 0 radical (unpaired) electrons. The number of aliphatic imine (C=N–C) groups is 1. The van der Waals surface area contributed by atoms with Crippen molar-refractivity contribution in [1.29, 1.82) is 0 Å². The molecule has 0 fully saturated rings. The summed E-state index contributed by atoms with van der Waals surface area (Å²) in [5.74, 6) is 0.969. The van der Waals surface area contributed by atoms with Gasteiger partial charge in [0.15, 0.2) is 5.17 Å². The Balaban J connectivity index is 2.15. The van der Waals surface area contributed by atoms with Crippen molar-refractivity contribution in [2.24, 2.45) is 4.99 Å². The third-order valence-corrected chi connectivity index (χ3v) is 4.82. The van der Waals surface area contributed by atoms with Crippen LogP contribution in [0.1, 0.15) is 25.5 Å². The number of ether oxygens (including phenoxy) is 3. The predicted octanol–water partition coefficient (Wildman–Crippen LogP) is 3.47. The fourth-order valence-corrected chi connectivity index (χ4v) is 3.71. The lowest BCUT2D eigenvalue weighted by atomic mass is 9.94. The van der Waals surface area contributed by atoms with Crippen molar-refractivity contribution in [3.63, 3.8) is 0 Å². The van der Waals surface area contributed by atoms with E-state index < -0.39 is 0 Å². The molecule has 7 heteroatoms. The van der Waals surface area contributed by atoms with Crippen molar-refractivity contribution in [2.45, 2.75) is 19.9 Å². The molecule has 6 nitrogen and oxygen atoms in total. The molecule has 3 rings (SSSR count). The minimum atomic E-state index is -0.365. The summed E-state index contributed by atoms with van der Waals surface area (Å²) in [5.41, 5.74) is 2.02. The van der Waals surface area contributed by atoms with Gasteiger partial charge in [-0.3, -0.25) is 0 Å². The van der Waals surface area contributed by atoms with E-state index in [1.54, 1.807) is 21.1 Å². The number of fused-ring (bicyclic) bond motifs is 1. The smallest absolute Gasteiger partial charge is 0.338 e. The molecule has 0 saturated heterocycles. The van der Waals surface area contributed by atoms with Crippen LogP contribution in [0.2, 0.25) is 0 Å². The first-order valence-corrected chi connectivity index (χ1v) is 8.78. The lowest BCUT2D eigenvalue weighted by Gasteiger charge is -2.34. The molecule has 2 heterocycles. The molecular weight excluding hydrogens is 340 g/mol. The summed E-state index contributed by atoms with van der Waals surface area (Å²) < 4.78 is 16.1. The van der Waals surface area contributed by atoms with Gasteiger partial charge in [0, 0.05) is 17.8 Å². The molecule has 1 aromatic rings. The maximum Gasteiger partial charge on any atom is 0.338 e. The van der Waals surface area contributed by atoms with Crippen molar-refractivity contribution < 1.29 is 19.0 Å². The molecule has 0 saturated carbocycles. The van der Waals surface area contributed by atoms with E-state index in [9.17, 15) is 4.79 Å². The first kappa shape index (κ1) is 17.4. The topological polar surface area (TPSA) is 60.4 Å². The van der Waals surface area contributed by atoms with Gasteiger partial charge in [-0.2, -0.15) is 0 Å². The number of amidine groups is 1. The number of benzene rings is 1. The van der Waals surface area contributed by atoms with E-state index in [-0.39, 0.29) is 12.0 Å². The van der Waals surface area contributed by atoms with Crippen LogP contribution >= 0.6 is 11.8 Å². The molecule has 0 aliphatic carbocycles. The minimum Gasteiger partial charge on any atom is -0.497 e. The molecular formula is C18H20N2O4S. The molecule has 1 aromatic carbocycles. The summed E-state index contributed by atoms with van der Waals surface area (Å²) in [6.45, 7) is 3.93. The molecule has 0 amide bonds. The number of methoxy groups -OCH3 is 2. The average molecular weight is 360 g/mol. The zero-order valence-electron chi connectivity index (χ0n) is 14.6. The highest BCUT2D eigenvalue weighted by molar-refractivity contribution is 8.16. The second-order valence-electron chi connectivity index (χ2n) is 5.43. The van der Waals surface area contributed by atoms with Gasteiger partial charge < -0.3 is 19.1 Å². The van der Waals surface area contributed by atoms with Crippen LogP contribution in [0.25, 0.3) is 0 Å². The van der Waals surface area contributed by atoms with Gasteiger partial charge in [-0.1, -0.05) is 11.8 Å². The molecule has 0 spiro atoms. The van der Waals surface area contributed by atoms with Crippen molar-refractivity contribution >= 4 is 22.9 Å². The zero-order valence-corrected chi connectivity index (χ0v) is 15.4. The van der Waals surface area contributed by atoms with E-state index in [4.69, 9.17) is 14.2 Å². The van der Waals surface area contributed by atoms with E-state index in [1.807, 2.05) is 41.6 Å². The van der Waals surface area contributed by atoms with Crippen LogP contribution in [0, 0.1) is 0 Å². The standard InChI is InChI=1S/C18H20N2O4S/c1-5-24-17(21)15-11(2)19-18-20(8-9-25-18)16(15)13-7-6-12(22-3)10-14(13)23-4/h6-10,16H,5H2,1-4H3/t16-/m0/s1. The number of hydrogen-bond acceptors (Lipinski definition) is 7. The molecule has 1 atom stereocenters. The minimum absolute atomic E-state index is 0.309. The molecule has 0 bridgehead atoms. The molecule has 2 aliphatic heterocycles. The Hall–Kier alpha value is -2.41. The van der Waals surface area contributed by atoms with Gasteiger partial charge >= 0.3 is 5.97 Å². The largest absolute Gasteiger partial charge is 0.497 e. The Labute approximate surface area is 151 Å². The highest BCUT2D eigenvalue weighted by atomic mass is 32.2. The third-order valence-electron chi connectivity index (χ3n) is 4.05. The van der Waals surface area contributed by atoms with Gasteiger partial charge in [-0.05, 0) is 31.4 Å². The van der Waals surface area contributed by atoms with Crippen LogP contribution in [0.5, 0.6) is 11.5 Å². The molecule has 25 heavy (non-hydrogen) atoms. The summed E-state index contributed by atoms with van der Waals surface area (Å²) in [6, 6.07) is 5.22. The number of carbonyl (C=O) groups is 1. The number of rotatable bonds is 5. The van der Waals surface area contributed by atoms with Crippen molar-refractivity contribution in [1.82, 2.24) is 4.90 Å². The van der Waals surface area contributed by atoms with Crippen LogP contribution in [0.3, 0.4) is 0 Å². The van der Waals surface area contributed by atoms with E-state index in [1.165, 1.54) is 11.8 Å². The number of carbonyl (C=O) groups excluding carboxylic acids is 1. The summed E-state index contributed by atoms with van der Waals surface area (Å²) >= 11 is 1.52. The molecule has 132 valence electrons. The first-order chi connectivity index (χ1) is 12.1. The normalized spacial score (nSPS) is 18.8. The van der Waals surface area contributed by atoms with Gasteiger partial charge in [0.1, 0.15) is 11.5 Å².